The monoisotopic (exact) mass is 223 g/mol. The molecule has 0 saturated heterocycles. The van der Waals surface area contributed by atoms with Crippen LogP contribution in [0, 0.1) is 3.57 Å². The molecule has 0 N–H and O–H groups in total. The van der Waals surface area contributed by atoms with Gasteiger partial charge in [-0.3, -0.25) is 0 Å². The molecule has 0 fully saturated rings. The van der Waals surface area contributed by atoms with Crippen molar-refractivity contribution >= 4 is 0 Å². The first-order valence-electron chi connectivity index (χ1n) is 2.31. The maximum atomic E-state index is 4.03. The Hall–Kier alpha value is -0.0600. The van der Waals surface area contributed by atoms with E-state index in [-0.39, 0.29) is 21.2 Å². The number of alkyl halides is 1. The summed E-state index contributed by atoms with van der Waals surface area (Å²) in [5, 5.41) is 4.03. The predicted octanol–water partition coefficient (Wildman–Crippen LogP) is -2.69. The molecule has 1 heterocycles. The van der Waals surface area contributed by atoms with Crippen LogP contribution in [0.4, 0.5) is 0 Å². The van der Waals surface area contributed by atoms with Gasteiger partial charge in [-0.05, 0) is 0 Å². The van der Waals surface area contributed by atoms with Gasteiger partial charge in [0.1, 0.15) is 0 Å². The summed E-state index contributed by atoms with van der Waals surface area (Å²) in [6.07, 6.45) is 4.01. The van der Waals surface area contributed by atoms with Gasteiger partial charge in [0.05, 0.1) is 0 Å². The molecule has 46 valence electrons. The van der Waals surface area contributed by atoms with Gasteiger partial charge in [-0.1, -0.05) is 0 Å². The molecule has 0 saturated carbocycles. The molecule has 2 nitrogen and oxygen atoms in total. The summed E-state index contributed by atoms with van der Waals surface area (Å²) in [5.41, 5.74) is 0. The van der Waals surface area contributed by atoms with Crippen LogP contribution in [0.1, 0.15) is 0 Å². The van der Waals surface area contributed by atoms with Crippen molar-refractivity contribution in [3.8, 4) is 0 Å². The molecule has 1 aromatic rings. The normalized spacial score (nSPS) is 10.2. The zero-order valence-electron chi connectivity index (χ0n) is 4.93. The van der Waals surface area contributed by atoms with E-state index in [4.69, 9.17) is 0 Å². The number of rotatable bonds is 1. The third-order valence-corrected chi connectivity index (χ3v) is 2.69. The van der Waals surface area contributed by atoms with Crippen molar-refractivity contribution in [3.05, 3.63) is 16.0 Å². The fourth-order valence-electron chi connectivity index (χ4n) is 0.489. The minimum atomic E-state index is 0.247. The van der Waals surface area contributed by atoms with Crippen molar-refractivity contribution < 1.29 is 21.2 Å². The standard InChI is InChI=1S/C5H8IN2/c1-6-5-3-7-8(2)4-5/h3-4H,1-2H3/q-1. The summed E-state index contributed by atoms with van der Waals surface area (Å²) in [7, 11) is 1.95. The van der Waals surface area contributed by atoms with Crippen LogP contribution >= 0.6 is 0 Å². The maximum absolute atomic E-state index is 4.03. The Morgan fingerprint density at radius 2 is 2.50 bits per heavy atom. The van der Waals surface area contributed by atoms with Crippen LogP contribution in [0.3, 0.4) is 0 Å². The summed E-state index contributed by atoms with van der Waals surface area (Å²) in [6, 6.07) is 0. The molecule has 8 heavy (non-hydrogen) atoms. The van der Waals surface area contributed by atoms with Gasteiger partial charge in [0.25, 0.3) is 0 Å². The van der Waals surface area contributed by atoms with Gasteiger partial charge in [-0.2, -0.15) is 0 Å². The van der Waals surface area contributed by atoms with Crippen molar-refractivity contribution in [2.75, 3.05) is 4.93 Å². The number of hydrogen-bond donors (Lipinski definition) is 0. The van der Waals surface area contributed by atoms with Crippen LogP contribution in [0.2, 0.25) is 0 Å². The number of aromatic nitrogens is 2. The number of halogens is 1. The summed E-state index contributed by atoms with van der Waals surface area (Å²) in [5.74, 6) is 0. The van der Waals surface area contributed by atoms with Crippen LogP contribution in [0.25, 0.3) is 0 Å². The van der Waals surface area contributed by atoms with Gasteiger partial charge in [0, 0.05) is 0 Å². The molecule has 0 radical (unpaired) electrons. The number of aryl methyl sites for hydroxylation is 1. The van der Waals surface area contributed by atoms with Gasteiger partial charge >= 0.3 is 58.9 Å². The third kappa shape index (κ3) is 1.21. The minimum absolute atomic E-state index is 0.247. The van der Waals surface area contributed by atoms with Crippen molar-refractivity contribution in [2.24, 2.45) is 7.05 Å². The molecule has 0 aliphatic carbocycles. The Labute approximate surface area is 59.2 Å². The van der Waals surface area contributed by atoms with E-state index in [1.165, 1.54) is 3.57 Å². The fourth-order valence-corrected chi connectivity index (χ4v) is 1.57. The van der Waals surface area contributed by atoms with Crippen LogP contribution in [0.5, 0.6) is 0 Å². The van der Waals surface area contributed by atoms with Gasteiger partial charge in [-0.15, -0.1) is 0 Å². The number of hydrogen-bond acceptors (Lipinski definition) is 1. The second kappa shape index (κ2) is 2.48. The topological polar surface area (TPSA) is 17.8 Å². The molecule has 3 heteroatoms. The SMILES string of the molecule is C[I-]c1cnn(C)c1. The molecule has 0 bridgehead atoms. The predicted molar refractivity (Wildman–Crippen MR) is 27.8 cm³/mol. The quantitative estimate of drug-likeness (QED) is 0.374. The van der Waals surface area contributed by atoms with Crippen molar-refractivity contribution in [3.63, 3.8) is 0 Å². The Morgan fingerprint density at radius 1 is 1.75 bits per heavy atom. The van der Waals surface area contributed by atoms with E-state index in [1.807, 2.05) is 17.9 Å². The van der Waals surface area contributed by atoms with Crippen molar-refractivity contribution in [1.82, 2.24) is 9.78 Å². The van der Waals surface area contributed by atoms with E-state index in [9.17, 15) is 0 Å². The first-order valence-corrected chi connectivity index (χ1v) is 5.54. The van der Waals surface area contributed by atoms with Crippen molar-refractivity contribution in [1.29, 1.82) is 0 Å². The second-order valence-electron chi connectivity index (χ2n) is 1.52. The van der Waals surface area contributed by atoms with E-state index >= 15 is 0 Å². The summed E-state index contributed by atoms with van der Waals surface area (Å²) < 4.78 is 3.25. The van der Waals surface area contributed by atoms with E-state index in [1.54, 1.807) is 0 Å². The molecule has 0 unspecified atom stereocenters. The molecule has 0 aromatic carbocycles. The average Bonchev–Trinajstić information content (AvgIpc) is 2.14. The van der Waals surface area contributed by atoms with Gasteiger partial charge in [0.2, 0.25) is 0 Å². The second-order valence-corrected chi connectivity index (χ2v) is 3.85. The molecule has 0 spiro atoms. The third-order valence-electron chi connectivity index (χ3n) is 0.892. The zero-order chi connectivity index (χ0) is 5.98. The summed E-state index contributed by atoms with van der Waals surface area (Å²) in [4.78, 5) is 2.23. The summed E-state index contributed by atoms with van der Waals surface area (Å²) >= 11 is 0.247. The Kier molecular flexibility index (Phi) is 1.88. The average molecular weight is 223 g/mol. The first kappa shape index (κ1) is 6.07. The molecule has 1 rings (SSSR count). The van der Waals surface area contributed by atoms with Gasteiger partial charge in [-0.25, -0.2) is 0 Å². The Bertz CT molecular complexity index is 171. The molecule has 0 amide bonds. The van der Waals surface area contributed by atoms with Crippen LogP contribution < -0.4 is 21.2 Å². The van der Waals surface area contributed by atoms with E-state index in [2.05, 4.69) is 16.2 Å². The Balaban J connectivity index is 2.84. The Morgan fingerprint density at radius 3 is 2.75 bits per heavy atom. The molecule has 0 aliphatic rings. The van der Waals surface area contributed by atoms with E-state index < -0.39 is 0 Å². The first-order chi connectivity index (χ1) is 3.83. The number of nitrogens with zero attached hydrogens (tertiary/aromatic N) is 2. The zero-order valence-corrected chi connectivity index (χ0v) is 7.08. The summed E-state index contributed by atoms with van der Waals surface area (Å²) in [6.45, 7) is 0. The molecular formula is C5H8IN2-. The van der Waals surface area contributed by atoms with E-state index in [0.29, 0.717) is 0 Å². The van der Waals surface area contributed by atoms with Crippen LogP contribution in [-0.2, 0) is 7.05 Å². The van der Waals surface area contributed by atoms with Crippen molar-refractivity contribution in [2.45, 2.75) is 0 Å². The van der Waals surface area contributed by atoms with Crippen LogP contribution in [-0.4, -0.2) is 14.7 Å². The molecule has 1 aromatic heterocycles. The molecule has 0 aliphatic heterocycles. The van der Waals surface area contributed by atoms with Crippen LogP contribution in [0.15, 0.2) is 12.4 Å². The van der Waals surface area contributed by atoms with E-state index in [0.717, 1.165) is 0 Å². The molecule has 0 atom stereocenters. The van der Waals surface area contributed by atoms with Gasteiger partial charge < -0.3 is 0 Å². The molecular weight excluding hydrogens is 215 g/mol. The fraction of sp³-hybridized carbons (Fsp3) is 0.400. The van der Waals surface area contributed by atoms with Gasteiger partial charge in [0.15, 0.2) is 0 Å².